The summed E-state index contributed by atoms with van der Waals surface area (Å²) in [7, 11) is 1.68. The van der Waals surface area contributed by atoms with E-state index in [4.69, 9.17) is 9.47 Å². The van der Waals surface area contributed by atoms with Gasteiger partial charge >= 0.3 is 0 Å². The molecule has 7 nitrogen and oxygen atoms in total. The van der Waals surface area contributed by atoms with Crippen LogP contribution in [0.1, 0.15) is 31.4 Å². The molecule has 1 amide bonds. The van der Waals surface area contributed by atoms with E-state index in [1.807, 2.05) is 29.2 Å². The number of hydrogen-bond donors (Lipinski definition) is 2. The van der Waals surface area contributed by atoms with E-state index in [2.05, 4.69) is 46.9 Å². The Labute approximate surface area is 190 Å². The Morgan fingerprint density at radius 2 is 1.69 bits per heavy atom. The molecule has 2 fully saturated rings. The number of piperazine rings is 1. The number of amides is 1. The van der Waals surface area contributed by atoms with Crippen molar-refractivity contribution in [2.45, 2.75) is 25.8 Å². The lowest BCUT2D eigenvalue weighted by atomic mass is 9.93. The molecule has 2 unspecified atom stereocenters. The highest BCUT2D eigenvalue weighted by Gasteiger charge is 2.37. The molecule has 0 spiro atoms. The monoisotopic (exact) mass is 438 g/mol. The van der Waals surface area contributed by atoms with E-state index in [1.54, 1.807) is 7.11 Å². The Morgan fingerprint density at radius 1 is 1.00 bits per heavy atom. The van der Waals surface area contributed by atoms with Gasteiger partial charge in [0.2, 0.25) is 5.91 Å². The number of anilines is 1. The Bertz CT molecular complexity index is 864. The van der Waals surface area contributed by atoms with Gasteiger partial charge < -0.3 is 19.3 Å². The summed E-state index contributed by atoms with van der Waals surface area (Å²) in [6.45, 7) is 6.66. The summed E-state index contributed by atoms with van der Waals surface area (Å²) < 4.78 is 11.0. The number of hydrogen-bond acceptors (Lipinski definition) is 6. The number of carbonyl (C=O) groups excluding carboxylic acids is 1. The third-order valence-corrected chi connectivity index (χ3v) is 6.33. The number of nitrogens with one attached hydrogen (secondary N) is 2. The first-order chi connectivity index (χ1) is 15.7. The van der Waals surface area contributed by atoms with Gasteiger partial charge in [-0.1, -0.05) is 25.5 Å². The molecule has 2 atom stereocenters. The van der Waals surface area contributed by atoms with Crippen LogP contribution >= 0.6 is 0 Å². The van der Waals surface area contributed by atoms with Crippen LogP contribution in [0.2, 0.25) is 0 Å². The molecule has 172 valence electrons. The van der Waals surface area contributed by atoms with Crippen molar-refractivity contribution in [3.63, 3.8) is 0 Å². The number of rotatable bonds is 8. The maximum absolute atomic E-state index is 13.3. The maximum Gasteiger partial charge on any atom is 0.229 e. The molecule has 32 heavy (non-hydrogen) atoms. The summed E-state index contributed by atoms with van der Waals surface area (Å²) in [6, 6.07) is 16.2. The highest BCUT2D eigenvalue weighted by molar-refractivity contribution is 5.81. The molecule has 2 aliphatic heterocycles. The molecule has 0 radical (unpaired) electrons. The molecule has 2 saturated heterocycles. The number of carbonyl (C=O) groups is 1. The van der Waals surface area contributed by atoms with Crippen molar-refractivity contribution in [2.75, 3.05) is 51.3 Å². The summed E-state index contributed by atoms with van der Waals surface area (Å²) in [6.07, 6.45) is 2.17. The van der Waals surface area contributed by atoms with Gasteiger partial charge in [-0.15, -0.1) is 0 Å². The standard InChI is InChI=1S/C25H34N4O3/c1-3-4-17-32-22-9-5-19(6-10-22)24-23(18-26-27-24)25(30)29-15-13-28(14-16-29)20-7-11-21(31-2)12-8-20/h5-12,23-24,26-27H,3-4,13-18H2,1-2H3. The fourth-order valence-corrected chi connectivity index (χ4v) is 4.36. The Morgan fingerprint density at radius 3 is 2.34 bits per heavy atom. The number of nitrogens with zero attached hydrogens (tertiary/aromatic N) is 2. The molecule has 4 rings (SSSR count). The largest absolute Gasteiger partial charge is 0.497 e. The van der Waals surface area contributed by atoms with Crippen molar-refractivity contribution in [2.24, 2.45) is 5.92 Å². The van der Waals surface area contributed by atoms with Gasteiger partial charge in [-0.2, -0.15) is 0 Å². The second-order valence-corrected chi connectivity index (χ2v) is 8.39. The smallest absolute Gasteiger partial charge is 0.229 e. The van der Waals surface area contributed by atoms with Crippen molar-refractivity contribution in [3.05, 3.63) is 54.1 Å². The Hall–Kier alpha value is -2.77. The predicted octanol–water partition coefficient (Wildman–Crippen LogP) is 2.99. The van der Waals surface area contributed by atoms with Crippen molar-refractivity contribution >= 4 is 11.6 Å². The van der Waals surface area contributed by atoms with E-state index < -0.39 is 0 Å². The molecule has 2 aromatic carbocycles. The van der Waals surface area contributed by atoms with Crippen LogP contribution in [0.5, 0.6) is 11.5 Å². The number of unbranched alkanes of at least 4 members (excludes halogenated alkanes) is 1. The topological polar surface area (TPSA) is 66.1 Å². The quantitative estimate of drug-likeness (QED) is 0.618. The zero-order valence-corrected chi connectivity index (χ0v) is 19.0. The average Bonchev–Trinajstić information content (AvgIpc) is 3.34. The summed E-state index contributed by atoms with van der Waals surface area (Å²) in [4.78, 5) is 17.7. The minimum atomic E-state index is -0.116. The van der Waals surface area contributed by atoms with E-state index in [0.29, 0.717) is 6.54 Å². The van der Waals surface area contributed by atoms with Crippen LogP contribution in [-0.2, 0) is 4.79 Å². The molecule has 2 aromatic rings. The predicted molar refractivity (Wildman–Crippen MR) is 126 cm³/mol. The lowest BCUT2D eigenvalue weighted by Crippen LogP contribution is -2.51. The van der Waals surface area contributed by atoms with Gasteiger partial charge in [0.05, 0.1) is 25.7 Å². The lowest BCUT2D eigenvalue weighted by molar-refractivity contribution is -0.135. The Kier molecular flexibility index (Phi) is 7.50. The van der Waals surface area contributed by atoms with Gasteiger partial charge in [0.15, 0.2) is 0 Å². The van der Waals surface area contributed by atoms with Crippen LogP contribution in [-0.4, -0.2) is 57.2 Å². The van der Waals surface area contributed by atoms with Gasteiger partial charge in [-0.3, -0.25) is 10.2 Å². The van der Waals surface area contributed by atoms with Crippen LogP contribution in [0.4, 0.5) is 5.69 Å². The van der Waals surface area contributed by atoms with Gasteiger partial charge in [0.1, 0.15) is 11.5 Å². The van der Waals surface area contributed by atoms with E-state index in [-0.39, 0.29) is 17.9 Å². The van der Waals surface area contributed by atoms with Crippen LogP contribution in [0.3, 0.4) is 0 Å². The minimum absolute atomic E-state index is 0.0354. The van der Waals surface area contributed by atoms with Crippen molar-refractivity contribution in [3.8, 4) is 11.5 Å². The van der Waals surface area contributed by atoms with Crippen LogP contribution < -0.4 is 25.2 Å². The number of benzene rings is 2. The maximum atomic E-state index is 13.3. The highest BCUT2D eigenvalue weighted by atomic mass is 16.5. The second kappa shape index (κ2) is 10.7. The van der Waals surface area contributed by atoms with E-state index in [0.717, 1.165) is 62.7 Å². The number of ether oxygens (including phenoxy) is 2. The Balaban J connectivity index is 1.33. The summed E-state index contributed by atoms with van der Waals surface area (Å²) in [5.74, 6) is 1.83. The third-order valence-electron chi connectivity index (χ3n) is 6.33. The number of hydrazine groups is 1. The summed E-state index contributed by atoms with van der Waals surface area (Å²) >= 11 is 0. The molecule has 0 aromatic heterocycles. The van der Waals surface area contributed by atoms with Crippen LogP contribution in [0.15, 0.2) is 48.5 Å². The molecule has 0 bridgehead atoms. The molecular weight excluding hydrogens is 404 g/mol. The molecule has 2 heterocycles. The number of methoxy groups -OCH3 is 1. The van der Waals surface area contributed by atoms with Crippen molar-refractivity contribution < 1.29 is 14.3 Å². The van der Waals surface area contributed by atoms with Crippen molar-refractivity contribution in [1.29, 1.82) is 0 Å². The van der Waals surface area contributed by atoms with Gasteiger partial charge in [0.25, 0.3) is 0 Å². The van der Waals surface area contributed by atoms with Crippen LogP contribution in [0.25, 0.3) is 0 Å². The van der Waals surface area contributed by atoms with Gasteiger partial charge in [-0.05, 0) is 48.4 Å². The first kappa shape index (κ1) is 22.4. The molecule has 2 N–H and O–H groups in total. The zero-order chi connectivity index (χ0) is 22.3. The first-order valence-corrected chi connectivity index (χ1v) is 11.6. The fourth-order valence-electron chi connectivity index (χ4n) is 4.36. The third kappa shape index (κ3) is 5.16. The highest BCUT2D eigenvalue weighted by Crippen LogP contribution is 2.29. The summed E-state index contributed by atoms with van der Waals surface area (Å²) in [5.41, 5.74) is 8.76. The summed E-state index contributed by atoms with van der Waals surface area (Å²) in [5, 5.41) is 0. The molecule has 0 aliphatic carbocycles. The average molecular weight is 439 g/mol. The fraction of sp³-hybridized carbons (Fsp3) is 0.480. The van der Waals surface area contributed by atoms with Gasteiger partial charge in [0, 0.05) is 38.4 Å². The second-order valence-electron chi connectivity index (χ2n) is 8.39. The van der Waals surface area contributed by atoms with E-state index in [9.17, 15) is 4.79 Å². The normalized spacial score (nSPS) is 20.9. The molecular formula is C25H34N4O3. The molecule has 7 heteroatoms. The van der Waals surface area contributed by atoms with Crippen LogP contribution in [0, 0.1) is 5.92 Å². The molecule has 0 saturated carbocycles. The van der Waals surface area contributed by atoms with Gasteiger partial charge in [-0.25, -0.2) is 5.43 Å². The van der Waals surface area contributed by atoms with Crippen molar-refractivity contribution in [1.82, 2.24) is 15.8 Å². The zero-order valence-electron chi connectivity index (χ0n) is 19.0. The lowest BCUT2D eigenvalue weighted by Gasteiger charge is -2.37. The SMILES string of the molecule is CCCCOc1ccc(C2NNCC2C(=O)N2CCN(c3ccc(OC)cc3)CC2)cc1. The minimum Gasteiger partial charge on any atom is -0.497 e. The molecule has 2 aliphatic rings. The first-order valence-electron chi connectivity index (χ1n) is 11.6. The van der Waals surface area contributed by atoms with E-state index in [1.165, 1.54) is 5.69 Å². The van der Waals surface area contributed by atoms with E-state index >= 15 is 0 Å².